The number of nitrogens with one attached hydrogen (secondary N) is 1. The Bertz CT molecular complexity index is 350. The van der Waals surface area contributed by atoms with Gasteiger partial charge in [-0.15, -0.1) is 0 Å². The SMILES string of the molecule is [CH2]c1cnc2nc[nH]c2c1. The van der Waals surface area contributed by atoms with E-state index in [1.54, 1.807) is 12.5 Å². The van der Waals surface area contributed by atoms with Crippen LogP contribution in [-0.4, -0.2) is 15.0 Å². The van der Waals surface area contributed by atoms with Gasteiger partial charge in [-0.05, 0) is 18.6 Å². The number of pyridine rings is 1. The summed E-state index contributed by atoms with van der Waals surface area (Å²) in [5.74, 6) is 0. The molecule has 0 aliphatic rings. The van der Waals surface area contributed by atoms with Gasteiger partial charge in [0.25, 0.3) is 0 Å². The average Bonchev–Trinajstić information content (AvgIpc) is 2.33. The second-order valence-corrected chi connectivity index (χ2v) is 2.12. The minimum atomic E-state index is 0.743. The van der Waals surface area contributed by atoms with Gasteiger partial charge in [-0.2, -0.15) is 0 Å². The molecule has 0 atom stereocenters. The maximum Gasteiger partial charge on any atom is 0.177 e. The summed E-state index contributed by atoms with van der Waals surface area (Å²) in [7, 11) is 0. The molecule has 2 rings (SSSR count). The number of nitrogens with zero attached hydrogens (tertiary/aromatic N) is 2. The minimum absolute atomic E-state index is 0.743. The fraction of sp³-hybridized carbons (Fsp3) is 0. The first kappa shape index (κ1) is 5.41. The third-order valence-electron chi connectivity index (χ3n) is 1.33. The smallest absolute Gasteiger partial charge is 0.177 e. The van der Waals surface area contributed by atoms with Crippen LogP contribution in [-0.2, 0) is 0 Å². The highest BCUT2D eigenvalue weighted by atomic mass is 14.9. The molecular formula is C7H6N3. The van der Waals surface area contributed by atoms with E-state index in [4.69, 9.17) is 0 Å². The number of fused-ring (bicyclic) bond motifs is 1. The first-order valence-corrected chi connectivity index (χ1v) is 2.97. The first-order valence-electron chi connectivity index (χ1n) is 2.97. The van der Waals surface area contributed by atoms with Crippen molar-refractivity contribution in [1.29, 1.82) is 0 Å². The van der Waals surface area contributed by atoms with Crippen molar-refractivity contribution in [3.05, 3.63) is 31.1 Å². The van der Waals surface area contributed by atoms with E-state index in [1.807, 2.05) is 6.07 Å². The van der Waals surface area contributed by atoms with Crippen molar-refractivity contribution in [3.8, 4) is 0 Å². The molecule has 3 heteroatoms. The predicted molar refractivity (Wildman–Crippen MR) is 38.3 cm³/mol. The van der Waals surface area contributed by atoms with Crippen LogP contribution in [0.25, 0.3) is 11.2 Å². The van der Waals surface area contributed by atoms with Gasteiger partial charge in [0.1, 0.15) is 0 Å². The van der Waals surface area contributed by atoms with E-state index >= 15 is 0 Å². The predicted octanol–water partition coefficient (Wildman–Crippen LogP) is 1.14. The summed E-state index contributed by atoms with van der Waals surface area (Å²) in [6, 6.07) is 1.91. The molecule has 0 spiro atoms. The van der Waals surface area contributed by atoms with Crippen LogP contribution in [0.4, 0.5) is 0 Å². The number of imidazole rings is 1. The highest BCUT2D eigenvalue weighted by Gasteiger charge is 1.94. The van der Waals surface area contributed by atoms with E-state index in [1.165, 1.54) is 0 Å². The van der Waals surface area contributed by atoms with E-state index < -0.39 is 0 Å². The highest BCUT2D eigenvalue weighted by Crippen LogP contribution is 2.05. The Kier molecular flexibility index (Phi) is 0.974. The van der Waals surface area contributed by atoms with Gasteiger partial charge in [0.2, 0.25) is 0 Å². The first-order chi connectivity index (χ1) is 4.86. The van der Waals surface area contributed by atoms with Crippen molar-refractivity contribution < 1.29 is 0 Å². The Labute approximate surface area is 58.1 Å². The number of H-pyrrole nitrogens is 1. The zero-order chi connectivity index (χ0) is 6.97. The molecule has 0 aliphatic carbocycles. The zero-order valence-electron chi connectivity index (χ0n) is 5.33. The lowest BCUT2D eigenvalue weighted by Crippen LogP contribution is -1.77. The fourth-order valence-electron chi connectivity index (χ4n) is 0.873. The number of aromatic amines is 1. The van der Waals surface area contributed by atoms with Crippen molar-refractivity contribution in [3.63, 3.8) is 0 Å². The number of rotatable bonds is 0. The molecule has 0 aliphatic heterocycles. The Morgan fingerprint density at radius 1 is 1.40 bits per heavy atom. The van der Waals surface area contributed by atoms with Crippen LogP contribution >= 0.6 is 0 Å². The van der Waals surface area contributed by atoms with E-state index in [2.05, 4.69) is 21.9 Å². The molecule has 0 fully saturated rings. The molecule has 0 unspecified atom stereocenters. The van der Waals surface area contributed by atoms with Crippen LogP contribution in [0.15, 0.2) is 18.6 Å². The Hall–Kier alpha value is -1.38. The topological polar surface area (TPSA) is 41.6 Å². The van der Waals surface area contributed by atoms with Gasteiger partial charge in [0.05, 0.1) is 11.8 Å². The molecule has 1 N–H and O–H groups in total. The molecule has 2 aromatic heterocycles. The summed E-state index contributed by atoms with van der Waals surface area (Å²) in [6.45, 7) is 3.74. The zero-order valence-corrected chi connectivity index (χ0v) is 5.33. The summed E-state index contributed by atoms with van der Waals surface area (Å²) < 4.78 is 0. The fourth-order valence-corrected chi connectivity index (χ4v) is 0.873. The normalized spacial score (nSPS) is 10.5. The summed E-state index contributed by atoms with van der Waals surface area (Å²) in [4.78, 5) is 10.9. The average molecular weight is 132 g/mol. The van der Waals surface area contributed by atoms with Crippen molar-refractivity contribution >= 4 is 11.2 Å². The molecule has 49 valence electrons. The van der Waals surface area contributed by atoms with Crippen LogP contribution in [0.3, 0.4) is 0 Å². The maximum absolute atomic E-state index is 4.04. The van der Waals surface area contributed by atoms with Crippen LogP contribution in [0.2, 0.25) is 0 Å². The van der Waals surface area contributed by atoms with Gasteiger partial charge in [0.15, 0.2) is 5.65 Å². The van der Waals surface area contributed by atoms with E-state index in [0.717, 1.165) is 16.7 Å². The highest BCUT2D eigenvalue weighted by molar-refractivity contribution is 5.70. The maximum atomic E-state index is 4.04. The quantitative estimate of drug-likeness (QED) is 0.584. The summed E-state index contributed by atoms with van der Waals surface area (Å²) in [6.07, 6.45) is 3.32. The molecule has 1 radical (unpaired) electrons. The van der Waals surface area contributed by atoms with Crippen molar-refractivity contribution in [2.75, 3.05) is 0 Å². The minimum Gasteiger partial charge on any atom is -0.343 e. The molecular weight excluding hydrogens is 126 g/mol. The molecule has 0 amide bonds. The molecule has 0 bridgehead atoms. The lowest BCUT2D eigenvalue weighted by atomic mass is 10.3. The largest absolute Gasteiger partial charge is 0.343 e. The van der Waals surface area contributed by atoms with Gasteiger partial charge in [0, 0.05) is 6.20 Å². The third-order valence-corrected chi connectivity index (χ3v) is 1.33. The molecule has 10 heavy (non-hydrogen) atoms. The van der Waals surface area contributed by atoms with Crippen LogP contribution in [0, 0.1) is 6.92 Å². The number of hydrogen-bond acceptors (Lipinski definition) is 2. The molecule has 3 nitrogen and oxygen atoms in total. The number of hydrogen-bond donors (Lipinski definition) is 1. The van der Waals surface area contributed by atoms with Crippen LogP contribution in [0.5, 0.6) is 0 Å². The molecule has 0 saturated heterocycles. The standard InChI is InChI=1S/C7H6N3/c1-5-2-6-7(8-3-5)10-4-9-6/h2-4H,1H2,(H,8,9,10). The summed E-state index contributed by atoms with van der Waals surface area (Å²) in [5, 5.41) is 0. The van der Waals surface area contributed by atoms with Gasteiger partial charge in [-0.3, -0.25) is 0 Å². The molecule has 0 saturated carbocycles. The van der Waals surface area contributed by atoms with Crippen LogP contribution in [0.1, 0.15) is 5.56 Å². The second kappa shape index (κ2) is 1.80. The molecule has 2 heterocycles. The van der Waals surface area contributed by atoms with E-state index in [9.17, 15) is 0 Å². The Morgan fingerprint density at radius 3 is 3.20 bits per heavy atom. The monoisotopic (exact) mass is 132 g/mol. The van der Waals surface area contributed by atoms with E-state index in [-0.39, 0.29) is 0 Å². The van der Waals surface area contributed by atoms with E-state index in [0.29, 0.717) is 0 Å². The van der Waals surface area contributed by atoms with Crippen LogP contribution < -0.4 is 0 Å². The Morgan fingerprint density at radius 2 is 2.30 bits per heavy atom. The Balaban J connectivity index is 2.86. The van der Waals surface area contributed by atoms with Gasteiger partial charge >= 0.3 is 0 Å². The molecule has 0 aromatic carbocycles. The van der Waals surface area contributed by atoms with Gasteiger partial charge in [-0.25, -0.2) is 9.97 Å². The summed E-state index contributed by atoms with van der Waals surface area (Å²) >= 11 is 0. The number of aromatic nitrogens is 3. The summed E-state index contributed by atoms with van der Waals surface area (Å²) in [5.41, 5.74) is 2.58. The molecule has 2 aromatic rings. The van der Waals surface area contributed by atoms with Gasteiger partial charge in [-0.1, -0.05) is 0 Å². The van der Waals surface area contributed by atoms with Crippen molar-refractivity contribution in [2.45, 2.75) is 0 Å². The second-order valence-electron chi connectivity index (χ2n) is 2.12. The van der Waals surface area contributed by atoms with Crippen molar-refractivity contribution in [1.82, 2.24) is 15.0 Å². The van der Waals surface area contributed by atoms with Gasteiger partial charge < -0.3 is 4.98 Å². The lowest BCUT2D eigenvalue weighted by molar-refractivity contribution is 1.30. The van der Waals surface area contributed by atoms with Crippen molar-refractivity contribution in [2.24, 2.45) is 0 Å². The third kappa shape index (κ3) is 0.673. The lowest BCUT2D eigenvalue weighted by Gasteiger charge is -1.88.